The van der Waals surface area contributed by atoms with Crippen molar-refractivity contribution >= 4 is 23.8 Å². The van der Waals surface area contributed by atoms with E-state index in [4.69, 9.17) is 4.74 Å². The van der Waals surface area contributed by atoms with E-state index in [0.717, 1.165) is 17.5 Å². The summed E-state index contributed by atoms with van der Waals surface area (Å²) in [5.41, 5.74) is 1.79. The summed E-state index contributed by atoms with van der Waals surface area (Å²) in [5, 5.41) is 8.72. The number of fused-ring (bicyclic) bond motifs is 10. The van der Waals surface area contributed by atoms with Crippen molar-refractivity contribution in [3.63, 3.8) is 0 Å². The third kappa shape index (κ3) is 8.17. The molecule has 2 bridgehead atoms. The van der Waals surface area contributed by atoms with Gasteiger partial charge in [-0.15, -0.1) is 0 Å². The zero-order valence-corrected chi connectivity index (χ0v) is 23.8. The van der Waals surface area contributed by atoms with Crippen LogP contribution in [0.15, 0.2) is 60.8 Å². The third-order valence-electron chi connectivity index (χ3n) is 7.14. The predicted octanol–water partition coefficient (Wildman–Crippen LogP) is 3.38. The summed E-state index contributed by atoms with van der Waals surface area (Å²) in [6, 6.07) is 14.6. The minimum atomic E-state index is -1.03. The normalized spacial score (nSPS) is 22.3. The van der Waals surface area contributed by atoms with E-state index in [1.54, 1.807) is 12.3 Å². The molecule has 0 unspecified atom stereocenters. The quantitative estimate of drug-likeness (QED) is 0.482. The summed E-state index contributed by atoms with van der Waals surface area (Å²) in [7, 11) is 3.71. The number of benzene rings is 2. The molecule has 3 N–H and O–H groups in total. The van der Waals surface area contributed by atoms with Gasteiger partial charge in [-0.2, -0.15) is 0 Å². The Morgan fingerprint density at radius 2 is 1.67 bits per heavy atom. The van der Waals surface area contributed by atoms with Gasteiger partial charge in [0.05, 0.1) is 6.04 Å². The fraction of sp³-hybridized carbons (Fsp3) is 0.452. The molecule has 2 aromatic rings. The first-order chi connectivity index (χ1) is 18.6. The van der Waals surface area contributed by atoms with Crippen molar-refractivity contribution in [3.05, 3.63) is 71.9 Å². The molecule has 3 amide bonds. The van der Waals surface area contributed by atoms with Crippen LogP contribution in [0.25, 0.3) is 6.08 Å². The molecule has 2 aromatic carbocycles. The van der Waals surface area contributed by atoms with Crippen LogP contribution in [-0.2, 0) is 20.8 Å². The Hall–Kier alpha value is -3.65. The fourth-order valence-corrected chi connectivity index (χ4v) is 4.81. The number of amides is 3. The lowest BCUT2D eigenvalue weighted by molar-refractivity contribution is -0.136. The van der Waals surface area contributed by atoms with Crippen molar-refractivity contribution in [2.45, 2.75) is 64.8 Å². The highest BCUT2D eigenvalue weighted by Gasteiger charge is 2.38. The Kier molecular flexibility index (Phi) is 10.7. The molecule has 0 spiro atoms. The largest absolute Gasteiger partial charge is 0.487 e. The molecule has 39 heavy (non-hydrogen) atoms. The molecule has 0 aliphatic carbocycles. The van der Waals surface area contributed by atoms with Crippen LogP contribution in [0.4, 0.5) is 0 Å². The van der Waals surface area contributed by atoms with Gasteiger partial charge >= 0.3 is 0 Å². The van der Waals surface area contributed by atoms with Gasteiger partial charge in [-0.05, 0) is 55.3 Å². The molecule has 0 saturated carbocycles. The Morgan fingerprint density at radius 3 is 2.26 bits per heavy atom. The maximum absolute atomic E-state index is 14.0. The Balaban J connectivity index is 2.03. The number of rotatable bonds is 8. The first kappa shape index (κ1) is 29.9. The number of carbonyl (C=O) groups excluding carboxylic acids is 3. The molecule has 2 aliphatic rings. The van der Waals surface area contributed by atoms with Crippen LogP contribution in [0, 0.1) is 11.8 Å². The van der Waals surface area contributed by atoms with E-state index in [2.05, 4.69) is 16.0 Å². The monoisotopic (exact) mass is 534 g/mol. The van der Waals surface area contributed by atoms with E-state index in [-0.39, 0.29) is 23.7 Å². The molecule has 0 fully saturated rings. The summed E-state index contributed by atoms with van der Waals surface area (Å²) in [5.74, 6) is -0.558. The SMILES string of the molecule is CC[C@H](C)[C@@H](C(=O)N[C@@H]1C(=O)N[C@@H](Cc2ccccc2)C(=O)N/C=C\c2ccc(cc2)O[C@@H]1C(C)C)N(C)C. The summed E-state index contributed by atoms with van der Waals surface area (Å²) in [6.45, 7) is 7.95. The van der Waals surface area contributed by atoms with Crippen LogP contribution in [0.2, 0.25) is 0 Å². The molecule has 5 atom stereocenters. The van der Waals surface area contributed by atoms with E-state index in [1.165, 1.54) is 0 Å². The second-order valence-electron chi connectivity index (χ2n) is 10.8. The van der Waals surface area contributed by atoms with Gasteiger partial charge in [0.15, 0.2) is 0 Å². The predicted molar refractivity (Wildman–Crippen MR) is 154 cm³/mol. The number of likely N-dealkylation sites (N-methyl/N-ethyl adjacent to an activating group) is 1. The van der Waals surface area contributed by atoms with Crippen molar-refractivity contribution in [1.29, 1.82) is 0 Å². The van der Waals surface area contributed by atoms with E-state index in [9.17, 15) is 14.4 Å². The van der Waals surface area contributed by atoms with Gasteiger partial charge in [0.25, 0.3) is 0 Å². The number of carbonyl (C=O) groups is 3. The van der Waals surface area contributed by atoms with Crippen molar-refractivity contribution in [2.75, 3.05) is 14.1 Å². The smallest absolute Gasteiger partial charge is 0.247 e. The maximum Gasteiger partial charge on any atom is 0.247 e. The molecule has 0 radical (unpaired) electrons. The molecule has 4 rings (SSSR count). The zero-order chi connectivity index (χ0) is 28.5. The number of hydrogen-bond donors (Lipinski definition) is 3. The molecular formula is C31H42N4O4. The lowest BCUT2D eigenvalue weighted by Gasteiger charge is -2.35. The lowest BCUT2D eigenvalue weighted by atomic mass is 9.94. The number of nitrogens with zero attached hydrogens (tertiary/aromatic N) is 1. The highest BCUT2D eigenvalue weighted by Crippen LogP contribution is 2.21. The van der Waals surface area contributed by atoms with Gasteiger partial charge in [-0.3, -0.25) is 19.3 Å². The number of ether oxygens (including phenoxy) is 1. The third-order valence-corrected chi connectivity index (χ3v) is 7.14. The van der Waals surface area contributed by atoms with Crippen molar-refractivity contribution in [3.8, 4) is 5.75 Å². The van der Waals surface area contributed by atoms with E-state index in [1.807, 2.05) is 101 Å². The molecule has 0 saturated heterocycles. The second kappa shape index (κ2) is 13.9. The van der Waals surface area contributed by atoms with Gasteiger partial charge in [-0.25, -0.2) is 0 Å². The van der Waals surface area contributed by atoms with Crippen molar-refractivity contribution < 1.29 is 19.1 Å². The first-order valence-electron chi connectivity index (χ1n) is 13.7. The molecule has 210 valence electrons. The lowest BCUT2D eigenvalue weighted by Crippen LogP contribution is -2.62. The Bertz CT molecular complexity index is 1130. The Labute approximate surface area is 232 Å². The average molecular weight is 535 g/mol. The van der Waals surface area contributed by atoms with Crippen LogP contribution in [0.5, 0.6) is 5.75 Å². The molecule has 2 aliphatic heterocycles. The maximum atomic E-state index is 14.0. The minimum Gasteiger partial charge on any atom is -0.487 e. The standard InChI is InChI=1S/C31H42N4O4/c1-7-21(4)27(35(5)6)31(38)34-26-28(20(2)3)39-24-15-13-22(14-16-24)17-18-32-29(36)25(33-30(26)37)19-23-11-9-8-10-12-23/h8-18,20-21,25-28H,7,19H2,1-6H3,(H,32,36)(H,33,37)(H,34,38)/b18-17-/t21-,25-,26-,27-,28+/m0/s1. The molecule has 2 heterocycles. The fourth-order valence-electron chi connectivity index (χ4n) is 4.81. The van der Waals surface area contributed by atoms with Gasteiger partial charge < -0.3 is 20.7 Å². The molecule has 8 nitrogen and oxygen atoms in total. The van der Waals surface area contributed by atoms with Crippen LogP contribution >= 0.6 is 0 Å². The summed E-state index contributed by atoms with van der Waals surface area (Å²) < 4.78 is 6.35. The van der Waals surface area contributed by atoms with Gasteiger partial charge in [-0.1, -0.05) is 76.6 Å². The van der Waals surface area contributed by atoms with Crippen LogP contribution < -0.4 is 20.7 Å². The van der Waals surface area contributed by atoms with Crippen molar-refractivity contribution in [2.24, 2.45) is 11.8 Å². The van der Waals surface area contributed by atoms with Crippen LogP contribution in [-0.4, -0.2) is 60.9 Å². The molecular weight excluding hydrogens is 492 g/mol. The summed E-state index contributed by atoms with van der Waals surface area (Å²) in [6.07, 6.45) is 3.77. The summed E-state index contributed by atoms with van der Waals surface area (Å²) >= 11 is 0. The molecule has 0 aromatic heterocycles. The zero-order valence-electron chi connectivity index (χ0n) is 23.8. The van der Waals surface area contributed by atoms with Gasteiger partial charge in [0.2, 0.25) is 17.7 Å². The van der Waals surface area contributed by atoms with Crippen LogP contribution in [0.1, 0.15) is 45.2 Å². The molecule has 8 heteroatoms. The minimum absolute atomic E-state index is 0.0657. The van der Waals surface area contributed by atoms with Gasteiger partial charge in [0.1, 0.15) is 23.9 Å². The number of hydrogen-bond acceptors (Lipinski definition) is 5. The van der Waals surface area contributed by atoms with E-state index >= 15 is 0 Å². The second-order valence-corrected chi connectivity index (χ2v) is 10.8. The topological polar surface area (TPSA) is 99.8 Å². The Morgan fingerprint density at radius 1 is 1.00 bits per heavy atom. The highest BCUT2D eigenvalue weighted by atomic mass is 16.5. The van der Waals surface area contributed by atoms with E-state index in [0.29, 0.717) is 12.2 Å². The van der Waals surface area contributed by atoms with Gasteiger partial charge in [0, 0.05) is 12.6 Å². The number of nitrogens with one attached hydrogen (secondary N) is 3. The van der Waals surface area contributed by atoms with E-state index < -0.39 is 30.1 Å². The van der Waals surface area contributed by atoms with Crippen molar-refractivity contribution in [1.82, 2.24) is 20.9 Å². The average Bonchev–Trinajstić information content (AvgIpc) is 2.90. The summed E-state index contributed by atoms with van der Waals surface area (Å²) in [4.78, 5) is 42.7. The first-order valence-corrected chi connectivity index (χ1v) is 13.7. The highest BCUT2D eigenvalue weighted by molar-refractivity contribution is 5.94. The van der Waals surface area contributed by atoms with Crippen LogP contribution in [0.3, 0.4) is 0 Å².